The van der Waals surface area contributed by atoms with E-state index in [2.05, 4.69) is 4.90 Å². The summed E-state index contributed by atoms with van der Waals surface area (Å²) >= 11 is 0. The first-order chi connectivity index (χ1) is 6.13. The van der Waals surface area contributed by atoms with Gasteiger partial charge in [-0.05, 0) is 12.3 Å². The van der Waals surface area contributed by atoms with Gasteiger partial charge in [0, 0.05) is 38.5 Å². The van der Waals surface area contributed by atoms with Crippen molar-refractivity contribution in [2.75, 3.05) is 26.2 Å². The van der Waals surface area contributed by atoms with E-state index in [-0.39, 0.29) is 18.3 Å². The zero-order valence-electron chi connectivity index (χ0n) is 7.68. The van der Waals surface area contributed by atoms with Crippen molar-refractivity contribution in [1.82, 2.24) is 4.90 Å². The molecular formula is C9H16F2N2. The third-order valence-electron chi connectivity index (χ3n) is 3.35. The molecule has 1 saturated heterocycles. The molecule has 1 aliphatic heterocycles. The molecule has 0 amide bonds. The van der Waals surface area contributed by atoms with E-state index in [0.717, 1.165) is 13.1 Å². The van der Waals surface area contributed by atoms with Gasteiger partial charge in [-0.1, -0.05) is 0 Å². The number of alkyl halides is 2. The van der Waals surface area contributed by atoms with Crippen LogP contribution in [0.2, 0.25) is 0 Å². The molecule has 2 N–H and O–H groups in total. The van der Waals surface area contributed by atoms with Crippen molar-refractivity contribution < 1.29 is 8.78 Å². The highest BCUT2D eigenvalue weighted by molar-refractivity contribution is 4.97. The minimum absolute atomic E-state index is 0.0960. The average molecular weight is 190 g/mol. The highest BCUT2D eigenvalue weighted by Gasteiger charge is 2.53. The number of halogens is 2. The van der Waals surface area contributed by atoms with Gasteiger partial charge in [0.25, 0.3) is 5.92 Å². The second-order valence-corrected chi connectivity index (χ2v) is 4.21. The fourth-order valence-corrected chi connectivity index (χ4v) is 2.66. The van der Waals surface area contributed by atoms with Crippen LogP contribution in [0, 0.1) is 11.8 Å². The Hall–Kier alpha value is -0.220. The van der Waals surface area contributed by atoms with Gasteiger partial charge in [-0.25, -0.2) is 8.78 Å². The van der Waals surface area contributed by atoms with Crippen molar-refractivity contribution in [2.45, 2.75) is 18.8 Å². The lowest BCUT2D eigenvalue weighted by Gasteiger charge is -2.19. The van der Waals surface area contributed by atoms with Crippen molar-refractivity contribution in [3.63, 3.8) is 0 Å². The van der Waals surface area contributed by atoms with Gasteiger partial charge in [-0.2, -0.15) is 0 Å². The Morgan fingerprint density at radius 3 is 2.77 bits per heavy atom. The van der Waals surface area contributed by atoms with Crippen LogP contribution in [0.3, 0.4) is 0 Å². The number of hydrogen-bond donors (Lipinski definition) is 1. The molecule has 1 aliphatic carbocycles. The molecular weight excluding hydrogens is 174 g/mol. The fourth-order valence-electron chi connectivity index (χ4n) is 2.66. The number of nitrogens with zero attached hydrogens (tertiary/aromatic N) is 1. The molecule has 76 valence electrons. The van der Waals surface area contributed by atoms with E-state index in [1.54, 1.807) is 0 Å². The maximum atomic E-state index is 13.3. The quantitative estimate of drug-likeness (QED) is 0.701. The molecule has 2 unspecified atom stereocenters. The summed E-state index contributed by atoms with van der Waals surface area (Å²) < 4.78 is 26.5. The van der Waals surface area contributed by atoms with Gasteiger partial charge < -0.3 is 10.6 Å². The molecule has 1 saturated carbocycles. The summed E-state index contributed by atoms with van der Waals surface area (Å²) in [5.41, 5.74) is 5.40. The van der Waals surface area contributed by atoms with Crippen LogP contribution < -0.4 is 5.73 Å². The SMILES string of the molecule is NCCN1CC2CCC(F)(F)C2C1. The molecule has 2 aliphatic rings. The Morgan fingerprint density at radius 1 is 1.38 bits per heavy atom. The molecule has 2 nitrogen and oxygen atoms in total. The van der Waals surface area contributed by atoms with E-state index in [4.69, 9.17) is 5.73 Å². The van der Waals surface area contributed by atoms with Gasteiger partial charge in [0.1, 0.15) is 0 Å². The molecule has 0 aromatic heterocycles. The van der Waals surface area contributed by atoms with Crippen molar-refractivity contribution in [1.29, 1.82) is 0 Å². The van der Waals surface area contributed by atoms with Crippen molar-refractivity contribution >= 4 is 0 Å². The summed E-state index contributed by atoms with van der Waals surface area (Å²) in [7, 11) is 0. The minimum Gasteiger partial charge on any atom is -0.329 e. The number of fused-ring (bicyclic) bond motifs is 1. The lowest BCUT2D eigenvalue weighted by Crippen LogP contribution is -2.31. The Kier molecular flexibility index (Phi) is 2.28. The molecule has 2 rings (SSSR count). The average Bonchev–Trinajstić information content (AvgIpc) is 2.55. The van der Waals surface area contributed by atoms with E-state index in [9.17, 15) is 8.78 Å². The van der Waals surface area contributed by atoms with Crippen molar-refractivity contribution in [2.24, 2.45) is 17.6 Å². The molecule has 2 fully saturated rings. The van der Waals surface area contributed by atoms with Gasteiger partial charge in [-0.3, -0.25) is 0 Å². The van der Waals surface area contributed by atoms with Crippen LogP contribution in [0.25, 0.3) is 0 Å². The summed E-state index contributed by atoms with van der Waals surface area (Å²) in [6.45, 7) is 2.72. The van der Waals surface area contributed by atoms with Gasteiger partial charge in [-0.15, -0.1) is 0 Å². The van der Waals surface area contributed by atoms with Gasteiger partial charge >= 0.3 is 0 Å². The maximum absolute atomic E-state index is 13.3. The van der Waals surface area contributed by atoms with E-state index < -0.39 is 5.92 Å². The molecule has 0 aromatic rings. The summed E-state index contributed by atoms with van der Waals surface area (Å²) in [4.78, 5) is 2.07. The Bertz CT molecular complexity index is 196. The topological polar surface area (TPSA) is 29.3 Å². The largest absolute Gasteiger partial charge is 0.329 e. The van der Waals surface area contributed by atoms with Crippen molar-refractivity contribution in [3.05, 3.63) is 0 Å². The summed E-state index contributed by atoms with van der Waals surface area (Å²) in [6, 6.07) is 0. The monoisotopic (exact) mass is 190 g/mol. The van der Waals surface area contributed by atoms with Crippen LogP contribution in [0.4, 0.5) is 8.78 Å². The second-order valence-electron chi connectivity index (χ2n) is 4.21. The first-order valence-electron chi connectivity index (χ1n) is 4.94. The number of nitrogens with two attached hydrogens (primary N) is 1. The summed E-state index contributed by atoms with van der Waals surface area (Å²) in [5, 5.41) is 0. The predicted octanol–water partition coefficient (Wildman–Crippen LogP) is 0.922. The van der Waals surface area contributed by atoms with Crippen LogP contribution in [0.1, 0.15) is 12.8 Å². The first kappa shape index (κ1) is 9.34. The smallest absolute Gasteiger partial charge is 0.252 e. The lowest BCUT2D eigenvalue weighted by molar-refractivity contribution is -0.0397. The molecule has 0 spiro atoms. The number of rotatable bonds is 2. The maximum Gasteiger partial charge on any atom is 0.252 e. The molecule has 0 bridgehead atoms. The van der Waals surface area contributed by atoms with Crippen LogP contribution >= 0.6 is 0 Å². The van der Waals surface area contributed by atoms with E-state index in [1.165, 1.54) is 0 Å². The van der Waals surface area contributed by atoms with E-state index in [0.29, 0.717) is 19.5 Å². The van der Waals surface area contributed by atoms with E-state index >= 15 is 0 Å². The normalized spacial score (nSPS) is 38.1. The molecule has 13 heavy (non-hydrogen) atoms. The Balaban J connectivity index is 1.98. The summed E-state index contributed by atoms with van der Waals surface area (Å²) in [5.74, 6) is -2.57. The number of likely N-dealkylation sites (tertiary alicyclic amines) is 1. The Morgan fingerprint density at radius 2 is 2.15 bits per heavy atom. The Labute approximate surface area is 77.1 Å². The van der Waals surface area contributed by atoms with Crippen LogP contribution in [-0.2, 0) is 0 Å². The molecule has 0 radical (unpaired) electrons. The third-order valence-corrected chi connectivity index (χ3v) is 3.35. The first-order valence-corrected chi connectivity index (χ1v) is 4.94. The van der Waals surface area contributed by atoms with Gasteiger partial charge in [0.15, 0.2) is 0 Å². The fraction of sp³-hybridized carbons (Fsp3) is 1.00. The van der Waals surface area contributed by atoms with Gasteiger partial charge in [0.05, 0.1) is 0 Å². The third kappa shape index (κ3) is 1.57. The summed E-state index contributed by atoms with van der Waals surface area (Å²) in [6.07, 6.45) is 0.789. The van der Waals surface area contributed by atoms with Crippen LogP contribution in [-0.4, -0.2) is 37.0 Å². The highest BCUT2D eigenvalue weighted by Crippen LogP contribution is 2.47. The number of hydrogen-bond acceptors (Lipinski definition) is 2. The molecule has 4 heteroatoms. The molecule has 2 atom stereocenters. The van der Waals surface area contributed by atoms with Crippen LogP contribution in [0.5, 0.6) is 0 Å². The molecule has 1 heterocycles. The second kappa shape index (κ2) is 3.17. The van der Waals surface area contributed by atoms with Crippen LogP contribution in [0.15, 0.2) is 0 Å². The zero-order chi connectivity index (χ0) is 9.47. The van der Waals surface area contributed by atoms with E-state index in [1.807, 2.05) is 0 Å². The van der Waals surface area contributed by atoms with Gasteiger partial charge in [0.2, 0.25) is 0 Å². The highest BCUT2D eigenvalue weighted by atomic mass is 19.3. The minimum atomic E-state index is -2.41. The lowest BCUT2D eigenvalue weighted by atomic mass is 9.99. The van der Waals surface area contributed by atoms with Crippen molar-refractivity contribution in [3.8, 4) is 0 Å². The standard InChI is InChI=1S/C9H16F2N2/c10-9(11)2-1-7-5-13(4-3-12)6-8(7)9/h7-8H,1-6,12H2. The zero-order valence-corrected chi connectivity index (χ0v) is 7.68. The predicted molar refractivity (Wildman–Crippen MR) is 46.7 cm³/mol. The molecule has 0 aromatic carbocycles.